The predicted octanol–water partition coefficient (Wildman–Crippen LogP) is 0.400. The van der Waals surface area contributed by atoms with Gasteiger partial charge in [0.25, 0.3) is 0 Å². The summed E-state index contributed by atoms with van der Waals surface area (Å²) in [5.41, 5.74) is 5.29. The fourth-order valence-corrected chi connectivity index (χ4v) is 1.67. The van der Waals surface area contributed by atoms with Crippen LogP contribution in [0.1, 0.15) is 26.7 Å². The highest BCUT2D eigenvalue weighted by molar-refractivity contribution is 5.82. The van der Waals surface area contributed by atoms with Gasteiger partial charge < -0.3 is 20.1 Å². The molecule has 19 heavy (non-hydrogen) atoms. The van der Waals surface area contributed by atoms with Crippen LogP contribution in [0.25, 0.3) is 0 Å². The van der Waals surface area contributed by atoms with E-state index >= 15 is 0 Å². The van der Waals surface area contributed by atoms with Gasteiger partial charge in [0.1, 0.15) is 13.2 Å². The van der Waals surface area contributed by atoms with Gasteiger partial charge in [-0.1, -0.05) is 26.7 Å². The zero-order valence-corrected chi connectivity index (χ0v) is 12.2. The first-order valence-electron chi connectivity index (χ1n) is 6.71. The molecule has 0 bridgehead atoms. The SMILES string of the molecule is CCC(CC)CN(CC(=O)OC)C(=O)COCCN. The lowest BCUT2D eigenvalue weighted by atomic mass is 10.0. The third-order valence-corrected chi connectivity index (χ3v) is 3.02. The van der Waals surface area contributed by atoms with Crippen LogP contribution in [0.15, 0.2) is 0 Å². The lowest BCUT2D eigenvalue weighted by molar-refractivity contribution is -0.149. The van der Waals surface area contributed by atoms with Gasteiger partial charge in [0, 0.05) is 13.1 Å². The molecule has 0 unspecified atom stereocenters. The Labute approximate surface area is 115 Å². The summed E-state index contributed by atoms with van der Waals surface area (Å²) in [6.45, 7) is 5.32. The second-order valence-corrected chi connectivity index (χ2v) is 4.37. The standard InChI is InChI=1S/C13H26N2O4/c1-4-11(5-2)8-15(9-13(17)18-3)12(16)10-19-7-6-14/h11H,4-10,14H2,1-3H3. The van der Waals surface area contributed by atoms with Gasteiger partial charge in [0.2, 0.25) is 5.91 Å². The first-order chi connectivity index (χ1) is 9.08. The van der Waals surface area contributed by atoms with Crippen molar-refractivity contribution in [3.05, 3.63) is 0 Å². The van der Waals surface area contributed by atoms with Crippen LogP contribution >= 0.6 is 0 Å². The van der Waals surface area contributed by atoms with E-state index in [1.807, 2.05) is 0 Å². The number of hydrogen-bond acceptors (Lipinski definition) is 5. The Morgan fingerprint density at radius 3 is 2.37 bits per heavy atom. The number of amides is 1. The molecule has 0 aliphatic carbocycles. The van der Waals surface area contributed by atoms with Crippen molar-refractivity contribution in [3.63, 3.8) is 0 Å². The molecule has 0 aliphatic rings. The molecule has 0 aliphatic heterocycles. The second kappa shape index (κ2) is 10.8. The lowest BCUT2D eigenvalue weighted by Crippen LogP contribution is -2.41. The maximum atomic E-state index is 12.0. The van der Waals surface area contributed by atoms with Gasteiger partial charge in [-0.25, -0.2) is 0 Å². The van der Waals surface area contributed by atoms with Crippen molar-refractivity contribution in [2.45, 2.75) is 26.7 Å². The highest BCUT2D eigenvalue weighted by Crippen LogP contribution is 2.10. The molecule has 2 N–H and O–H groups in total. The molecule has 0 saturated heterocycles. The first-order valence-corrected chi connectivity index (χ1v) is 6.71. The van der Waals surface area contributed by atoms with E-state index in [2.05, 4.69) is 18.6 Å². The van der Waals surface area contributed by atoms with Gasteiger partial charge in [-0.3, -0.25) is 9.59 Å². The number of esters is 1. The summed E-state index contributed by atoms with van der Waals surface area (Å²) in [6, 6.07) is 0. The van der Waals surface area contributed by atoms with Crippen LogP contribution in [-0.4, -0.2) is 56.7 Å². The smallest absolute Gasteiger partial charge is 0.325 e. The minimum Gasteiger partial charge on any atom is -0.468 e. The number of ether oxygens (including phenoxy) is 2. The summed E-state index contributed by atoms with van der Waals surface area (Å²) >= 11 is 0. The van der Waals surface area contributed by atoms with Gasteiger partial charge in [0.05, 0.1) is 13.7 Å². The Morgan fingerprint density at radius 2 is 1.89 bits per heavy atom. The largest absolute Gasteiger partial charge is 0.468 e. The Bertz CT molecular complexity index is 267. The number of rotatable bonds is 10. The van der Waals surface area contributed by atoms with Crippen molar-refractivity contribution in [2.75, 3.05) is 40.0 Å². The molecule has 112 valence electrons. The Balaban J connectivity index is 4.46. The maximum absolute atomic E-state index is 12.0. The van der Waals surface area contributed by atoms with E-state index in [1.165, 1.54) is 12.0 Å². The van der Waals surface area contributed by atoms with Crippen molar-refractivity contribution < 1.29 is 19.1 Å². The first kappa shape index (κ1) is 17.9. The third-order valence-electron chi connectivity index (χ3n) is 3.02. The Kier molecular flexibility index (Phi) is 10.1. The summed E-state index contributed by atoms with van der Waals surface area (Å²) in [5.74, 6) is -0.244. The summed E-state index contributed by atoms with van der Waals surface area (Å²) < 4.78 is 9.73. The number of methoxy groups -OCH3 is 1. The zero-order valence-electron chi connectivity index (χ0n) is 12.2. The normalized spacial score (nSPS) is 10.6. The van der Waals surface area contributed by atoms with Crippen molar-refractivity contribution >= 4 is 11.9 Å². The summed E-state index contributed by atoms with van der Waals surface area (Å²) in [5, 5.41) is 0. The molecule has 1 amide bonds. The molecule has 0 aromatic carbocycles. The molecule has 0 rings (SSSR count). The van der Waals surface area contributed by atoms with E-state index < -0.39 is 5.97 Å². The molecule has 0 spiro atoms. The average Bonchev–Trinajstić information content (AvgIpc) is 2.43. The molecular weight excluding hydrogens is 248 g/mol. The van der Waals surface area contributed by atoms with Crippen LogP contribution in [-0.2, 0) is 19.1 Å². The highest BCUT2D eigenvalue weighted by Gasteiger charge is 2.20. The molecule has 0 saturated carbocycles. The van der Waals surface area contributed by atoms with Crippen LogP contribution in [0.5, 0.6) is 0 Å². The van der Waals surface area contributed by atoms with Crippen molar-refractivity contribution in [2.24, 2.45) is 11.7 Å². The van der Waals surface area contributed by atoms with E-state index in [0.717, 1.165) is 12.8 Å². The second-order valence-electron chi connectivity index (χ2n) is 4.37. The van der Waals surface area contributed by atoms with E-state index in [0.29, 0.717) is 25.6 Å². The molecule has 0 fully saturated rings. The van der Waals surface area contributed by atoms with Crippen LogP contribution in [0.4, 0.5) is 0 Å². The van der Waals surface area contributed by atoms with Crippen LogP contribution < -0.4 is 5.73 Å². The van der Waals surface area contributed by atoms with Gasteiger partial charge in [-0.15, -0.1) is 0 Å². The van der Waals surface area contributed by atoms with Crippen molar-refractivity contribution in [3.8, 4) is 0 Å². The van der Waals surface area contributed by atoms with Gasteiger partial charge >= 0.3 is 5.97 Å². The molecule has 0 aromatic rings. The van der Waals surface area contributed by atoms with Gasteiger partial charge in [-0.05, 0) is 5.92 Å². The minimum atomic E-state index is -0.418. The Hall–Kier alpha value is -1.14. The van der Waals surface area contributed by atoms with E-state index in [4.69, 9.17) is 10.5 Å². The van der Waals surface area contributed by atoms with Crippen molar-refractivity contribution in [1.82, 2.24) is 4.90 Å². The molecule has 0 atom stereocenters. The molecular formula is C13H26N2O4. The van der Waals surface area contributed by atoms with Crippen LogP contribution in [0.3, 0.4) is 0 Å². The van der Waals surface area contributed by atoms with Crippen LogP contribution in [0.2, 0.25) is 0 Å². The van der Waals surface area contributed by atoms with Gasteiger partial charge in [-0.2, -0.15) is 0 Å². The minimum absolute atomic E-state index is 0.0299. The third kappa shape index (κ3) is 7.79. The predicted molar refractivity (Wildman–Crippen MR) is 72.5 cm³/mol. The fourth-order valence-electron chi connectivity index (χ4n) is 1.67. The van der Waals surface area contributed by atoms with E-state index in [-0.39, 0.29) is 19.1 Å². The zero-order chi connectivity index (χ0) is 14.7. The highest BCUT2D eigenvalue weighted by atomic mass is 16.5. The van der Waals surface area contributed by atoms with Gasteiger partial charge in [0.15, 0.2) is 0 Å². The van der Waals surface area contributed by atoms with E-state index in [9.17, 15) is 9.59 Å². The summed E-state index contributed by atoms with van der Waals surface area (Å²) in [4.78, 5) is 24.8. The Morgan fingerprint density at radius 1 is 1.26 bits per heavy atom. The number of nitrogens with two attached hydrogens (primary N) is 1. The molecule has 0 radical (unpaired) electrons. The monoisotopic (exact) mass is 274 g/mol. The molecule has 0 heterocycles. The molecule has 6 nitrogen and oxygen atoms in total. The molecule has 0 aromatic heterocycles. The van der Waals surface area contributed by atoms with E-state index in [1.54, 1.807) is 0 Å². The maximum Gasteiger partial charge on any atom is 0.325 e. The number of carbonyl (C=O) groups excluding carboxylic acids is 2. The lowest BCUT2D eigenvalue weighted by Gasteiger charge is -2.25. The topological polar surface area (TPSA) is 81.9 Å². The fraction of sp³-hybridized carbons (Fsp3) is 0.846. The van der Waals surface area contributed by atoms with Crippen molar-refractivity contribution in [1.29, 1.82) is 0 Å². The number of nitrogens with zero attached hydrogens (tertiary/aromatic N) is 1. The quantitative estimate of drug-likeness (QED) is 0.460. The summed E-state index contributed by atoms with van der Waals surface area (Å²) in [7, 11) is 1.31. The number of hydrogen-bond donors (Lipinski definition) is 1. The number of carbonyl (C=O) groups is 2. The average molecular weight is 274 g/mol. The summed E-state index contributed by atoms with van der Waals surface area (Å²) in [6.07, 6.45) is 1.93. The van der Waals surface area contributed by atoms with Crippen LogP contribution in [0, 0.1) is 5.92 Å². The molecule has 6 heteroatoms.